The number of rotatable bonds is 7. The first-order chi connectivity index (χ1) is 14.9. The minimum Gasteiger partial charge on any atom is -0.492 e. The molecule has 1 aromatic carbocycles. The van der Waals surface area contributed by atoms with Crippen molar-refractivity contribution in [2.24, 2.45) is 0 Å². The molecule has 0 saturated carbocycles. The van der Waals surface area contributed by atoms with Crippen LogP contribution in [0.25, 0.3) is 11.3 Å². The van der Waals surface area contributed by atoms with Gasteiger partial charge in [-0.05, 0) is 13.0 Å². The molecule has 0 amide bonds. The lowest BCUT2D eigenvalue weighted by Gasteiger charge is -2.31. The van der Waals surface area contributed by atoms with Gasteiger partial charge in [0, 0.05) is 44.0 Å². The third-order valence-electron chi connectivity index (χ3n) is 4.78. The first-order valence-electron chi connectivity index (χ1n) is 9.39. The van der Waals surface area contributed by atoms with Crippen LogP contribution in [0, 0.1) is 0 Å². The largest absolute Gasteiger partial charge is 0.492 e. The van der Waals surface area contributed by atoms with Crippen molar-refractivity contribution in [2.75, 3.05) is 20.3 Å². The molecule has 162 valence electrons. The number of benzene rings is 1. The zero-order valence-electron chi connectivity index (χ0n) is 16.7. The van der Waals surface area contributed by atoms with E-state index in [0.717, 1.165) is 0 Å². The topological polar surface area (TPSA) is 79.7 Å². The van der Waals surface area contributed by atoms with Crippen molar-refractivity contribution < 1.29 is 19.0 Å². The zero-order valence-corrected chi connectivity index (χ0v) is 19.0. The van der Waals surface area contributed by atoms with Crippen LogP contribution >= 0.6 is 34.5 Å². The van der Waals surface area contributed by atoms with Gasteiger partial charge in [0.1, 0.15) is 21.5 Å². The van der Waals surface area contributed by atoms with Crippen LogP contribution in [0.5, 0.6) is 11.5 Å². The van der Waals surface area contributed by atoms with E-state index in [1.165, 1.54) is 30.5 Å². The van der Waals surface area contributed by atoms with E-state index in [4.69, 9.17) is 37.4 Å². The first kappa shape index (κ1) is 21.8. The average Bonchev–Trinajstić information content (AvgIpc) is 3.16. The second-order valence-corrected chi connectivity index (χ2v) is 8.50. The third-order valence-corrected chi connectivity index (χ3v) is 6.35. The lowest BCUT2D eigenvalue weighted by atomic mass is 10.0. The van der Waals surface area contributed by atoms with Gasteiger partial charge in [-0.15, -0.1) is 11.3 Å². The second kappa shape index (κ2) is 9.00. The summed E-state index contributed by atoms with van der Waals surface area (Å²) < 4.78 is 18.8. The SMILES string of the molecule is COCCCOc1cc2c(cc1Cl)-c1cc(=O)c(C(C)=O)cn1[C@@H](c1scnc1Cl)O2. The lowest BCUT2D eigenvalue weighted by Crippen LogP contribution is -2.27. The van der Waals surface area contributed by atoms with Crippen molar-refractivity contribution in [1.29, 1.82) is 0 Å². The molecule has 0 N–H and O–H groups in total. The van der Waals surface area contributed by atoms with Crippen molar-refractivity contribution in [3.8, 4) is 22.8 Å². The molecular formula is C21H18Cl2N2O5S. The quantitative estimate of drug-likeness (QED) is 0.355. The van der Waals surface area contributed by atoms with Crippen molar-refractivity contribution in [3.63, 3.8) is 0 Å². The van der Waals surface area contributed by atoms with Gasteiger partial charge in [0.05, 0.1) is 28.4 Å². The first-order valence-corrected chi connectivity index (χ1v) is 11.0. The minimum atomic E-state index is -0.705. The summed E-state index contributed by atoms with van der Waals surface area (Å²) in [6.45, 7) is 2.34. The molecule has 3 heterocycles. The van der Waals surface area contributed by atoms with E-state index in [2.05, 4.69) is 4.98 Å². The van der Waals surface area contributed by atoms with Crippen LogP contribution in [0.2, 0.25) is 10.2 Å². The Kier molecular flexibility index (Phi) is 6.34. The summed E-state index contributed by atoms with van der Waals surface area (Å²) in [5.74, 6) is 0.607. The molecule has 3 aromatic rings. The van der Waals surface area contributed by atoms with Gasteiger partial charge in [0.25, 0.3) is 0 Å². The molecule has 0 bridgehead atoms. The number of ketones is 1. The Morgan fingerprint density at radius 3 is 2.77 bits per heavy atom. The van der Waals surface area contributed by atoms with Gasteiger partial charge in [-0.3, -0.25) is 9.59 Å². The molecule has 1 aliphatic rings. The normalized spacial score (nSPS) is 14.5. The van der Waals surface area contributed by atoms with Gasteiger partial charge in [0.15, 0.2) is 11.2 Å². The van der Waals surface area contributed by atoms with E-state index in [9.17, 15) is 9.59 Å². The Morgan fingerprint density at radius 2 is 2.10 bits per heavy atom. The van der Waals surface area contributed by atoms with Gasteiger partial charge in [-0.25, -0.2) is 4.98 Å². The molecule has 0 saturated heterocycles. The molecule has 4 rings (SSSR count). The standard InChI is InChI=1S/C21H18Cl2N2O5S/c1-11(26)13-9-25-15(7-16(13)27)12-6-14(22)18(29-5-3-4-28-2)8-17(12)30-21(25)19-20(23)24-10-31-19/h6-10,21H,3-5H2,1-2H3/t21-/m1/s1. The maximum absolute atomic E-state index is 12.6. The van der Waals surface area contributed by atoms with Crippen molar-refractivity contribution in [1.82, 2.24) is 9.55 Å². The van der Waals surface area contributed by atoms with Crippen LogP contribution in [0.15, 0.2) is 34.7 Å². The molecule has 0 unspecified atom stereocenters. The number of aromatic nitrogens is 2. The van der Waals surface area contributed by atoms with Crippen LogP contribution < -0.4 is 14.9 Å². The highest BCUT2D eigenvalue weighted by molar-refractivity contribution is 7.10. The monoisotopic (exact) mass is 480 g/mol. The summed E-state index contributed by atoms with van der Waals surface area (Å²) in [5, 5.41) is 0.668. The Morgan fingerprint density at radius 1 is 1.29 bits per heavy atom. The minimum absolute atomic E-state index is 0.0608. The molecule has 2 aromatic heterocycles. The van der Waals surface area contributed by atoms with Gasteiger partial charge < -0.3 is 18.8 Å². The summed E-state index contributed by atoms with van der Waals surface area (Å²) >= 11 is 14.0. The van der Waals surface area contributed by atoms with E-state index in [0.29, 0.717) is 52.3 Å². The molecule has 1 aliphatic heterocycles. The molecular weight excluding hydrogens is 463 g/mol. The zero-order chi connectivity index (χ0) is 22.1. The fraction of sp³-hybridized carbons (Fsp3) is 0.286. The van der Waals surface area contributed by atoms with Crippen LogP contribution in [0.3, 0.4) is 0 Å². The molecule has 31 heavy (non-hydrogen) atoms. The maximum atomic E-state index is 12.6. The van der Waals surface area contributed by atoms with Crippen LogP contribution in [0.1, 0.15) is 34.8 Å². The van der Waals surface area contributed by atoms with Crippen molar-refractivity contribution in [3.05, 3.63) is 60.7 Å². The molecule has 0 radical (unpaired) electrons. The van der Waals surface area contributed by atoms with Crippen molar-refractivity contribution in [2.45, 2.75) is 19.6 Å². The Labute approximate surface area is 192 Å². The number of carbonyl (C=O) groups is 1. The molecule has 7 nitrogen and oxygen atoms in total. The summed E-state index contributed by atoms with van der Waals surface area (Å²) in [4.78, 5) is 29.3. The molecule has 1 atom stereocenters. The summed E-state index contributed by atoms with van der Waals surface area (Å²) in [7, 11) is 1.63. The van der Waals surface area contributed by atoms with Crippen LogP contribution in [-0.2, 0) is 4.74 Å². The fourth-order valence-corrected chi connectivity index (χ4v) is 4.56. The Bertz CT molecular complexity index is 1210. The number of thiazole rings is 1. The maximum Gasteiger partial charge on any atom is 0.214 e. The molecule has 0 aliphatic carbocycles. The third kappa shape index (κ3) is 4.21. The van der Waals surface area contributed by atoms with Crippen LogP contribution in [0.4, 0.5) is 0 Å². The molecule has 0 spiro atoms. The lowest BCUT2D eigenvalue weighted by molar-refractivity contribution is 0.101. The number of Topliss-reactive ketones (excluding diaryl/α,β-unsaturated/α-hetero) is 1. The van der Waals surface area contributed by atoms with Gasteiger partial charge in [0.2, 0.25) is 6.23 Å². The summed E-state index contributed by atoms with van der Waals surface area (Å²) in [6, 6.07) is 4.79. The predicted octanol–water partition coefficient (Wildman–Crippen LogP) is 4.84. The number of ether oxygens (including phenoxy) is 3. The van der Waals surface area contributed by atoms with E-state index in [1.807, 2.05) is 0 Å². The number of nitrogens with zero attached hydrogens (tertiary/aromatic N) is 2. The van der Waals surface area contributed by atoms with E-state index in [-0.39, 0.29) is 21.9 Å². The van der Waals surface area contributed by atoms with Gasteiger partial charge >= 0.3 is 0 Å². The Hall–Kier alpha value is -2.39. The second-order valence-electron chi connectivity index (χ2n) is 6.85. The van der Waals surface area contributed by atoms with E-state index < -0.39 is 6.23 Å². The number of hydrogen-bond donors (Lipinski definition) is 0. The number of pyridine rings is 1. The summed E-state index contributed by atoms with van der Waals surface area (Å²) in [5.41, 5.74) is 2.45. The molecule has 0 fully saturated rings. The highest BCUT2D eigenvalue weighted by atomic mass is 35.5. The van der Waals surface area contributed by atoms with Gasteiger partial charge in [-0.2, -0.15) is 0 Å². The van der Waals surface area contributed by atoms with Gasteiger partial charge in [-0.1, -0.05) is 23.2 Å². The average molecular weight is 481 g/mol. The number of methoxy groups -OCH3 is 1. The number of halogens is 2. The smallest absolute Gasteiger partial charge is 0.214 e. The Balaban J connectivity index is 1.84. The number of hydrogen-bond acceptors (Lipinski definition) is 7. The number of carbonyl (C=O) groups excluding carboxylic acids is 1. The molecule has 10 heteroatoms. The summed E-state index contributed by atoms with van der Waals surface area (Å²) in [6.07, 6.45) is 1.49. The van der Waals surface area contributed by atoms with Crippen molar-refractivity contribution >= 4 is 40.3 Å². The fourth-order valence-electron chi connectivity index (χ4n) is 3.31. The highest BCUT2D eigenvalue weighted by Gasteiger charge is 2.31. The van der Waals surface area contributed by atoms with Crippen LogP contribution in [-0.4, -0.2) is 35.7 Å². The highest BCUT2D eigenvalue weighted by Crippen LogP contribution is 2.46. The van der Waals surface area contributed by atoms with E-state index in [1.54, 1.807) is 29.3 Å². The van der Waals surface area contributed by atoms with E-state index >= 15 is 0 Å². The number of fused-ring (bicyclic) bond motifs is 3. The predicted molar refractivity (Wildman–Crippen MR) is 119 cm³/mol.